The van der Waals surface area contributed by atoms with Gasteiger partial charge in [-0.15, -0.1) is 0 Å². The van der Waals surface area contributed by atoms with E-state index < -0.39 is 23.5 Å². The normalized spacial score (nSPS) is 11.4. The second kappa shape index (κ2) is 13.8. The minimum absolute atomic E-state index is 0.00202. The molecule has 0 bridgehead atoms. The van der Waals surface area contributed by atoms with Gasteiger partial charge in [0, 0.05) is 30.4 Å². The number of hydrogen-bond donors (Lipinski definition) is 3. The Balaban J connectivity index is 1.65. The number of nitrogens with zero attached hydrogens (tertiary/aromatic N) is 3. The molecule has 42 heavy (non-hydrogen) atoms. The van der Waals surface area contributed by atoms with Crippen molar-refractivity contribution in [3.8, 4) is 28.7 Å². The molecular formula is C31H28N4O7. The van der Waals surface area contributed by atoms with Crippen LogP contribution >= 0.6 is 0 Å². The predicted octanol–water partition coefficient (Wildman–Crippen LogP) is 4.53. The molecule has 1 atom stereocenters. The summed E-state index contributed by atoms with van der Waals surface area (Å²) in [6.45, 7) is 1.19. The number of benzene rings is 3. The van der Waals surface area contributed by atoms with Crippen LogP contribution in [0.25, 0.3) is 11.1 Å². The predicted molar refractivity (Wildman–Crippen MR) is 153 cm³/mol. The highest BCUT2D eigenvalue weighted by molar-refractivity contribution is 5.73. The average molecular weight is 569 g/mol. The number of carbonyl (C=O) groups is 1. The molecule has 0 amide bonds. The average Bonchev–Trinajstić information content (AvgIpc) is 3.00. The summed E-state index contributed by atoms with van der Waals surface area (Å²) >= 11 is 0. The van der Waals surface area contributed by atoms with Gasteiger partial charge in [-0.05, 0) is 46.9 Å². The topological polar surface area (TPSA) is 168 Å². The van der Waals surface area contributed by atoms with Crippen molar-refractivity contribution in [1.29, 1.82) is 5.26 Å². The zero-order valence-electron chi connectivity index (χ0n) is 22.7. The van der Waals surface area contributed by atoms with E-state index in [1.165, 1.54) is 18.3 Å². The maximum Gasteiger partial charge on any atom is 0.323 e. The number of nitro benzene ring substituents is 1. The Morgan fingerprint density at radius 1 is 1.05 bits per heavy atom. The van der Waals surface area contributed by atoms with E-state index in [1.807, 2.05) is 61.5 Å². The van der Waals surface area contributed by atoms with Crippen molar-refractivity contribution in [2.45, 2.75) is 32.7 Å². The van der Waals surface area contributed by atoms with Crippen molar-refractivity contribution in [2.75, 3.05) is 6.61 Å². The molecule has 11 heteroatoms. The summed E-state index contributed by atoms with van der Waals surface area (Å²) in [4.78, 5) is 26.8. The van der Waals surface area contributed by atoms with Crippen molar-refractivity contribution in [1.82, 2.24) is 10.3 Å². The van der Waals surface area contributed by atoms with E-state index >= 15 is 0 Å². The number of aliphatic hydroxyl groups is 1. The fraction of sp³-hybridized carbons (Fsp3) is 0.194. The lowest BCUT2D eigenvalue weighted by Crippen LogP contribution is -2.39. The molecule has 4 aromatic rings. The van der Waals surface area contributed by atoms with Gasteiger partial charge in [-0.25, -0.2) is 4.98 Å². The molecule has 0 aliphatic rings. The fourth-order valence-corrected chi connectivity index (χ4v) is 4.30. The summed E-state index contributed by atoms with van der Waals surface area (Å²) in [6.07, 6.45) is 1.47. The molecule has 0 saturated heterocycles. The van der Waals surface area contributed by atoms with Gasteiger partial charge < -0.3 is 19.7 Å². The van der Waals surface area contributed by atoms with Gasteiger partial charge in [0.05, 0.1) is 11.5 Å². The smallest absolute Gasteiger partial charge is 0.323 e. The maximum atomic E-state index is 12.0. The van der Waals surface area contributed by atoms with Gasteiger partial charge in [-0.3, -0.25) is 20.2 Å². The van der Waals surface area contributed by atoms with E-state index in [2.05, 4.69) is 10.3 Å². The van der Waals surface area contributed by atoms with Gasteiger partial charge in [0.2, 0.25) is 5.75 Å². The fourth-order valence-electron chi connectivity index (χ4n) is 4.30. The highest BCUT2D eigenvalue weighted by Crippen LogP contribution is 2.36. The van der Waals surface area contributed by atoms with Crippen LogP contribution in [0.2, 0.25) is 0 Å². The third kappa shape index (κ3) is 7.25. The minimum atomic E-state index is -1.29. The van der Waals surface area contributed by atoms with E-state index in [1.54, 1.807) is 12.1 Å². The standard InChI is InChI=1S/C31H28N4O7/c1-20-23(8-5-9-26(20)22-6-3-2-4-7-22)19-42-30-14-29(41-18-21-10-11-33-25(12-21)15-32)24(13-28(30)35(39)40)16-34-27(17-36)31(37)38/h2-14,27,34,36H,16-19H2,1H3,(H,37,38). The third-order valence-electron chi connectivity index (χ3n) is 6.61. The van der Waals surface area contributed by atoms with E-state index in [0.29, 0.717) is 5.56 Å². The van der Waals surface area contributed by atoms with Crippen LogP contribution in [0.3, 0.4) is 0 Å². The summed E-state index contributed by atoms with van der Waals surface area (Å²) in [5.74, 6) is -1.11. The highest BCUT2D eigenvalue weighted by Gasteiger charge is 2.23. The van der Waals surface area contributed by atoms with Crippen molar-refractivity contribution < 1.29 is 29.4 Å². The molecule has 11 nitrogen and oxygen atoms in total. The lowest BCUT2D eigenvalue weighted by atomic mass is 9.97. The SMILES string of the molecule is Cc1c(COc2cc(OCc3ccnc(C#N)c3)c(CNC(CO)C(=O)O)cc2[N+](=O)[O-])cccc1-c1ccccc1. The molecule has 4 rings (SSSR count). The number of nitro groups is 1. The first-order valence-electron chi connectivity index (χ1n) is 12.9. The summed E-state index contributed by atoms with van der Waals surface area (Å²) in [5, 5.41) is 42.5. The molecular weight excluding hydrogens is 540 g/mol. The molecule has 1 aromatic heterocycles. The number of nitriles is 1. The molecule has 0 aliphatic carbocycles. The molecule has 0 spiro atoms. The van der Waals surface area contributed by atoms with E-state index in [4.69, 9.17) is 14.7 Å². The van der Waals surface area contributed by atoms with Crippen LogP contribution in [0.15, 0.2) is 79.0 Å². The Labute approximate surface area is 241 Å². The second-order valence-electron chi connectivity index (χ2n) is 9.33. The van der Waals surface area contributed by atoms with Crippen LogP contribution in [0.1, 0.15) is 27.9 Å². The number of hydrogen-bond acceptors (Lipinski definition) is 9. The van der Waals surface area contributed by atoms with Gasteiger partial charge >= 0.3 is 11.7 Å². The van der Waals surface area contributed by atoms with Crippen LogP contribution in [-0.4, -0.2) is 38.7 Å². The van der Waals surface area contributed by atoms with Crippen LogP contribution < -0.4 is 14.8 Å². The number of ether oxygens (including phenoxy) is 2. The van der Waals surface area contributed by atoms with Gasteiger partial charge in [0.15, 0.2) is 0 Å². The summed E-state index contributed by atoms with van der Waals surface area (Å²) in [6, 6.07) is 22.2. The molecule has 0 radical (unpaired) electrons. The quantitative estimate of drug-likeness (QED) is 0.154. The van der Waals surface area contributed by atoms with Crippen LogP contribution in [0, 0.1) is 28.4 Å². The van der Waals surface area contributed by atoms with Crippen molar-refractivity contribution >= 4 is 11.7 Å². The maximum absolute atomic E-state index is 12.0. The number of carboxylic acids is 1. The molecule has 1 unspecified atom stereocenters. The molecule has 3 aromatic carbocycles. The Kier molecular flexibility index (Phi) is 9.78. The van der Waals surface area contributed by atoms with Crippen LogP contribution in [0.5, 0.6) is 11.5 Å². The van der Waals surface area contributed by atoms with Crippen LogP contribution in [-0.2, 0) is 24.6 Å². The molecule has 0 aliphatic heterocycles. The minimum Gasteiger partial charge on any atom is -0.488 e. The third-order valence-corrected chi connectivity index (χ3v) is 6.61. The van der Waals surface area contributed by atoms with Crippen molar-refractivity contribution in [3.63, 3.8) is 0 Å². The lowest BCUT2D eigenvalue weighted by molar-refractivity contribution is -0.386. The van der Waals surface area contributed by atoms with E-state index in [0.717, 1.165) is 22.3 Å². The molecule has 3 N–H and O–H groups in total. The molecule has 214 valence electrons. The van der Waals surface area contributed by atoms with Crippen molar-refractivity contribution in [2.24, 2.45) is 0 Å². The first-order valence-corrected chi connectivity index (χ1v) is 12.9. The monoisotopic (exact) mass is 568 g/mol. The summed E-state index contributed by atoms with van der Waals surface area (Å²) < 4.78 is 12.0. The summed E-state index contributed by atoms with van der Waals surface area (Å²) in [5.41, 5.74) is 4.65. The largest absolute Gasteiger partial charge is 0.488 e. The molecule has 0 fully saturated rings. The zero-order valence-corrected chi connectivity index (χ0v) is 22.7. The number of rotatable bonds is 13. The van der Waals surface area contributed by atoms with Crippen LogP contribution in [0.4, 0.5) is 5.69 Å². The van der Waals surface area contributed by atoms with Gasteiger partial charge in [-0.2, -0.15) is 5.26 Å². The number of carboxylic acid groups (broad SMARTS) is 1. The van der Waals surface area contributed by atoms with Gasteiger partial charge in [0.1, 0.15) is 36.8 Å². The molecule has 1 heterocycles. The summed E-state index contributed by atoms with van der Waals surface area (Å²) in [7, 11) is 0. The first-order chi connectivity index (χ1) is 20.3. The number of aliphatic hydroxyl groups excluding tert-OH is 1. The Morgan fingerprint density at radius 2 is 1.81 bits per heavy atom. The zero-order chi connectivity index (χ0) is 30.1. The Hall–Kier alpha value is -5.31. The highest BCUT2D eigenvalue weighted by atomic mass is 16.6. The number of nitrogens with one attached hydrogen (secondary N) is 1. The number of aromatic nitrogens is 1. The number of pyridine rings is 1. The van der Waals surface area contributed by atoms with E-state index in [9.17, 15) is 25.1 Å². The van der Waals surface area contributed by atoms with E-state index in [-0.39, 0.29) is 48.2 Å². The lowest BCUT2D eigenvalue weighted by Gasteiger charge is -2.17. The van der Waals surface area contributed by atoms with Crippen molar-refractivity contribution in [3.05, 3.63) is 117 Å². The first kappa shape index (κ1) is 29.7. The Bertz CT molecular complexity index is 1620. The molecule has 0 saturated carbocycles. The number of aliphatic carboxylic acids is 1. The van der Waals surface area contributed by atoms with Gasteiger partial charge in [-0.1, -0.05) is 48.5 Å². The second-order valence-corrected chi connectivity index (χ2v) is 9.33. The Morgan fingerprint density at radius 3 is 2.50 bits per heavy atom. The van der Waals surface area contributed by atoms with Gasteiger partial charge in [0.25, 0.3) is 0 Å².